The van der Waals surface area contributed by atoms with Crippen LogP contribution in [0.2, 0.25) is 0 Å². The van der Waals surface area contributed by atoms with Gasteiger partial charge < -0.3 is 11.5 Å². The molecule has 4 N–H and O–H groups in total. The van der Waals surface area contributed by atoms with Gasteiger partial charge in [-0.15, -0.1) is 0 Å². The molecule has 0 bridgehead atoms. The van der Waals surface area contributed by atoms with Gasteiger partial charge in [0.1, 0.15) is 11.6 Å². The third kappa shape index (κ3) is 4.07. The van der Waals surface area contributed by atoms with Gasteiger partial charge >= 0.3 is 0 Å². The van der Waals surface area contributed by atoms with E-state index in [0.717, 1.165) is 18.2 Å². The van der Waals surface area contributed by atoms with Gasteiger partial charge in [-0.3, -0.25) is 4.79 Å². The molecule has 18 heavy (non-hydrogen) atoms. The monoisotopic (exact) mass is 256 g/mol. The van der Waals surface area contributed by atoms with Crippen molar-refractivity contribution >= 4 is 5.91 Å². The van der Waals surface area contributed by atoms with E-state index in [9.17, 15) is 13.6 Å². The first-order chi connectivity index (χ1) is 8.21. The first-order valence-corrected chi connectivity index (χ1v) is 5.70. The van der Waals surface area contributed by atoms with E-state index >= 15 is 0 Å². The van der Waals surface area contributed by atoms with Crippen molar-refractivity contribution < 1.29 is 13.6 Å². The summed E-state index contributed by atoms with van der Waals surface area (Å²) in [7, 11) is 0. The van der Waals surface area contributed by atoms with Crippen molar-refractivity contribution in [2.75, 3.05) is 0 Å². The first kappa shape index (κ1) is 14.6. The van der Waals surface area contributed by atoms with E-state index in [0.29, 0.717) is 6.42 Å². The molecule has 0 saturated carbocycles. The van der Waals surface area contributed by atoms with Gasteiger partial charge in [0, 0.05) is 18.0 Å². The molecule has 1 rings (SSSR count). The van der Waals surface area contributed by atoms with E-state index < -0.39 is 29.0 Å². The van der Waals surface area contributed by atoms with Crippen LogP contribution in [0.15, 0.2) is 18.2 Å². The Morgan fingerprint density at radius 1 is 1.39 bits per heavy atom. The maximum atomic E-state index is 13.5. The van der Waals surface area contributed by atoms with Gasteiger partial charge in [-0.2, -0.15) is 0 Å². The molecule has 1 aromatic rings. The molecule has 100 valence electrons. The topological polar surface area (TPSA) is 69.1 Å². The van der Waals surface area contributed by atoms with Gasteiger partial charge in [0.05, 0.1) is 0 Å². The lowest BCUT2D eigenvalue weighted by Crippen LogP contribution is -2.27. The summed E-state index contributed by atoms with van der Waals surface area (Å²) < 4.78 is 26.6. The molecule has 3 nitrogen and oxygen atoms in total. The van der Waals surface area contributed by atoms with Crippen LogP contribution in [0.4, 0.5) is 8.78 Å². The largest absolute Gasteiger partial charge is 0.370 e. The van der Waals surface area contributed by atoms with E-state index in [4.69, 9.17) is 11.5 Å². The Morgan fingerprint density at radius 2 is 2.00 bits per heavy atom. The fourth-order valence-electron chi connectivity index (χ4n) is 2.05. The zero-order chi connectivity index (χ0) is 13.9. The Morgan fingerprint density at radius 3 is 2.56 bits per heavy atom. The average molecular weight is 256 g/mol. The van der Waals surface area contributed by atoms with E-state index in [2.05, 4.69) is 0 Å². The van der Waals surface area contributed by atoms with Crippen molar-refractivity contribution in [2.24, 2.45) is 16.9 Å². The minimum atomic E-state index is -0.671. The lowest BCUT2D eigenvalue weighted by Gasteiger charge is -2.27. The number of nitrogens with two attached hydrogens (primary N) is 2. The van der Waals surface area contributed by atoms with E-state index in [1.54, 1.807) is 0 Å². The van der Waals surface area contributed by atoms with Crippen LogP contribution in [-0.2, 0) is 4.79 Å². The highest BCUT2D eigenvalue weighted by Gasteiger charge is 2.25. The molecule has 0 aliphatic rings. The second-order valence-electron chi connectivity index (χ2n) is 5.28. The summed E-state index contributed by atoms with van der Waals surface area (Å²) in [5, 5.41) is 0. The number of primary amides is 1. The number of carbonyl (C=O) groups excluding carboxylic acids is 1. The molecule has 1 unspecified atom stereocenters. The minimum Gasteiger partial charge on any atom is -0.370 e. The smallest absolute Gasteiger partial charge is 0.217 e. The fraction of sp³-hybridized carbons (Fsp3) is 0.462. The van der Waals surface area contributed by atoms with Crippen LogP contribution >= 0.6 is 0 Å². The molecular weight excluding hydrogens is 238 g/mol. The molecule has 1 atom stereocenters. The van der Waals surface area contributed by atoms with Gasteiger partial charge in [-0.25, -0.2) is 8.78 Å². The van der Waals surface area contributed by atoms with Crippen LogP contribution in [0.3, 0.4) is 0 Å². The Kier molecular flexibility index (Phi) is 4.40. The van der Waals surface area contributed by atoms with Crippen molar-refractivity contribution in [1.29, 1.82) is 0 Å². The second kappa shape index (κ2) is 5.44. The lowest BCUT2D eigenvalue weighted by atomic mass is 9.81. The predicted octanol–water partition coefficient (Wildman–Crippen LogP) is 2.26. The van der Waals surface area contributed by atoms with Crippen molar-refractivity contribution in [3.05, 3.63) is 35.4 Å². The number of carbonyl (C=O) groups is 1. The van der Waals surface area contributed by atoms with Gasteiger partial charge in [0.2, 0.25) is 5.91 Å². The Balaban J connectivity index is 2.84. The third-order valence-electron chi connectivity index (χ3n) is 2.78. The highest BCUT2D eigenvalue weighted by Crippen LogP contribution is 2.32. The van der Waals surface area contributed by atoms with Gasteiger partial charge in [-0.05, 0) is 30.0 Å². The summed E-state index contributed by atoms with van der Waals surface area (Å²) in [4.78, 5) is 10.9. The number of benzene rings is 1. The average Bonchev–Trinajstić information content (AvgIpc) is 2.18. The molecule has 0 fully saturated rings. The first-order valence-electron chi connectivity index (χ1n) is 5.70. The predicted molar refractivity (Wildman–Crippen MR) is 65.5 cm³/mol. The number of rotatable bonds is 5. The molecule has 0 aliphatic heterocycles. The highest BCUT2D eigenvalue weighted by molar-refractivity contribution is 5.74. The molecule has 1 aromatic carbocycles. The standard InChI is InChI=1S/C13H18F2N2O/c1-13(2,7-12(17)18)6-11(16)9-5-8(14)3-4-10(9)15/h3-5,11H,6-7,16H2,1-2H3,(H2,17,18). The van der Waals surface area contributed by atoms with E-state index in [-0.39, 0.29) is 12.0 Å². The molecule has 0 heterocycles. The van der Waals surface area contributed by atoms with Crippen LogP contribution in [0.1, 0.15) is 38.3 Å². The van der Waals surface area contributed by atoms with Crippen LogP contribution in [0, 0.1) is 17.0 Å². The number of hydrogen-bond acceptors (Lipinski definition) is 2. The van der Waals surface area contributed by atoms with Crippen molar-refractivity contribution in [3.63, 3.8) is 0 Å². The van der Waals surface area contributed by atoms with E-state index in [1.165, 1.54) is 0 Å². The molecule has 0 aromatic heterocycles. The molecular formula is C13H18F2N2O. The summed E-state index contributed by atoms with van der Waals surface area (Å²) in [5.74, 6) is -1.51. The minimum absolute atomic E-state index is 0.118. The lowest BCUT2D eigenvalue weighted by molar-refractivity contribution is -0.120. The van der Waals surface area contributed by atoms with Crippen molar-refractivity contribution in [1.82, 2.24) is 0 Å². The zero-order valence-corrected chi connectivity index (χ0v) is 10.5. The fourth-order valence-corrected chi connectivity index (χ4v) is 2.05. The highest BCUT2D eigenvalue weighted by atomic mass is 19.1. The van der Waals surface area contributed by atoms with Gasteiger partial charge in [0.15, 0.2) is 0 Å². The molecule has 0 radical (unpaired) electrons. The number of amides is 1. The maximum Gasteiger partial charge on any atom is 0.217 e. The van der Waals surface area contributed by atoms with Gasteiger partial charge in [0.25, 0.3) is 0 Å². The summed E-state index contributed by atoms with van der Waals surface area (Å²) in [6.45, 7) is 3.63. The summed E-state index contributed by atoms with van der Waals surface area (Å²) in [5.41, 5.74) is 10.7. The number of halogens is 2. The van der Waals surface area contributed by atoms with Crippen LogP contribution in [-0.4, -0.2) is 5.91 Å². The molecule has 1 amide bonds. The maximum absolute atomic E-state index is 13.5. The molecule has 5 heteroatoms. The van der Waals surface area contributed by atoms with Crippen molar-refractivity contribution in [3.8, 4) is 0 Å². The van der Waals surface area contributed by atoms with Crippen LogP contribution in [0.5, 0.6) is 0 Å². The quantitative estimate of drug-likeness (QED) is 0.848. The Hall–Kier alpha value is -1.49. The molecule has 0 spiro atoms. The summed E-state index contributed by atoms with van der Waals surface area (Å²) >= 11 is 0. The molecule has 0 aliphatic carbocycles. The SMILES string of the molecule is CC(C)(CC(N)=O)CC(N)c1cc(F)ccc1F. The molecule has 0 saturated heterocycles. The van der Waals surface area contributed by atoms with Crippen LogP contribution in [0.25, 0.3) is 0 Å². The normalized spacial score (nSPS) is 13.4. The second-order valence-corrected chi connectivity index (χ2v) is 5.28. The Labute approximate surface area is 105 Å². The summed E-state index contributed by atoms with van der Waals surface area (Å²) in [6, 6.07) is 2.50. The third-order valence-corrected chi connectivity index (χ3v) is 2.78. The Bertz CT molecular complexity index is 447. The van der Waals surface area contributed by atoms with E-state index in [1.807, 2.05) is 13.8 Å². The number of hydrogen-bond donors (Lipinski definition) is 2. The zero-order valence-electron chi connectivity index (χ0n) is 10.5. The van der Waals surface area contributed by atoms with Gasteiger partial charge in [-0.1, -0.05) is 13.8 Å². The van der Waals surface area contributed by atoms with Crippen LogP contribution < -0.4 is 11.5 Å². The summed E-state index contributed by atoms with van der Waals surface area (Å²) in [6.07, 6.45) is 0.494. The van der Waals surface area contributed by atoms with Crippen molar-refractivity contribution in [2.45, 2.75) is 32.7 Å².